The Balaban J connectivity index is 0.000000561. The van der Waals surface area contributed by atoms with Gasteiger partial charge in [0.2, 0.25) is 0 Å². The minimum absolute atomic E-state index is 0.238. The average Bonchev–Trinajstić information content (AvgIpc) is 2.13. The summed E-state index contributed by atoms with van der Waals surface area (Å²) < 4.78 is 4.95. The lowest BCUT2D eigenvalue weighted by Crippen LogP contribution is -2.46. The van der Waals surface area contributed by atoms with Crippen LogP contribution in [0.2, 0.25) is 0 Å². The summed E-state index contributed by atoms with van der Waals surface area (Å²) in [5.74, 6) is 0. The zero-order chi connectivity index (χ0) is 9.56. The maximum atomic E-state index is 9.10. The van der Waals surface area contributed by atoms with Gasteiger partial charge in [0, 0.05) is 13.7 Å². The molecule has 74 valence electrons. The minimum atomic E-state index is -0.932. The van der Waals surface area contributed by atoms with Crippen molar-refractivity contribution >= 4 is 0 Å². The minimum Gasteiger partial charge on any atom is -0.400 e. The van der Waals surface area contributed by atoms with Gasteiger partial charge in [-0.2, -0.15) is 0 Å². The summed E-state index contributed by atoms with van der Waals surface area (Å²) in [6, 6.07) is 0. The second-order valence-electron chi connectivity index (χ2n) is 2.44. The second kappa shape index (κ2) is 6.33. The van der Waals surface area contributed by atoms with Crippen molar-refractivity contribution in [2.24, 2.45) is 0 Å². The molecule has 0 radical (unpaired) electrons. The first kappa shape index (κ1) is 11.8. The van der Waals surface area contributed by atoms with Crippen molar-refractivity contribution in [3.63, 3.8) is 0 Å². The van der Waals surface area contributed by atoms with Crippen molar-refractivity contribution in [1.29, 1.82) is 0 Å². The maximum absolute atomic E-state index is 9.10. The zero-order valence-corrected chi connectivity index (χ0v) is 7.05. The van der Waals surface area contributed by atoms with E-state index in [0.29, 0.717) is 13.0 Å². The summed E-state index contributed by atoms with van der Waals surface area (Å²) in [4.78, 5) is 0. The fourth-order valence-electron chi connectivity index (χ4n) is 1.02. The van der Waals surface area contributed by atoms with E-state index in [2.05, 4.69) is 0 Å². The fraction of sp³-hybridized carbons (Fsp3) is 1.00. The summed E-state index contributed by atoms with van der Waals surface area (Å²) in [6.45, 7) is 0.168. The van der Waals surface area contributed by atoms with Crippen molar-refractivity contribution in [3.05, 3.63) is 0 Å². The molecule has 1 aliphatic rings. The van der Waals surface area contributed by atoms with Gasteiger partial charge in [-0.15, -0.1) is 0 Å². The number of hydrogen-bond donors (Lipinski definition) is 4. The Morgan fingerprint density at radius 1 is 1.33 bits per heavy atom. The first-order chi connectivity index (χ1) is 5.75. The molecule has 0 aromatic carbocycles. The molecular weight excluding hydrogens is 164 g/mol. The summed E-state index contributed by atoms with van der Waals surface area (Å²) >= 11 is 0. The molecule has 0 spiro atoms. The van der Waals surface area contributed by atoms with Gasteiger partial charge in [-0.3, -0.25) is 0 Å². The summed E-state index contributed by atoms with van der Waals surface area (Å²) in [5, 5.41) is 33.7. The number of rotatable bonds is 1. The molecule has 1 fully saturated rings. The van der Waals surface area contributed by atoms with Crippen LogP contribution in [0, 0.1) is 0 Å². The third-order valence-electron chi connectivity index (χ3n) is 1.70. The van der Waals surface area contributed by atoms with Gasteiger partial charge in [0.1, 0.15) is 12.2 Å². The molecule has 0 aliphatic carbocycles. The molecule has 5 nitrogen and oxygen atoms in total. The Hall–Kier alpha value is -0.200. The SMILES string of the molecule is CO.OCC1OCCC(O)C1O. The summed E-state index contributed by atoms with van der Waals surface area (Å²) in [7, 11) is 1.00. The van der Waals surface area contributed by atoms with E-state index in [0.717, 1.165) is 7.11 Å². The lowest BCUT2D eigenvalue weighted by Gasteiger charge is -2.30. The Labute approximate surface area is 71.2 Å². The maximum Gasteiger partial charge on any atom is 0.109 e. The van der Waals surface area contributed by atoms with Crippen molar-refractivity contribution in [2.75, 3.05) is 20.3 Å². The lowest BCUT2D eigenvalue weighted by molar-refractivity contribution is -0.147. The Morgan fingerprint density at radius 3 is 2.33 bits per heavy atom. The molecule has 4 N–H and O–H groups in total. The quantitative estimate of drug-likeness (QED) is 0.378. The van der Waals surface area contributed by atoms with E-state index < -0.39 is 18.3 Å². The zero-order valence-electron chi connectivity index (χ0n) is 7.05. The molecule has 1 heterocycles. The van der Waals surface area contributed by atoms with Crippen molar-refractivity contribution in [1.82, 2.24) is 0 Å². The highest BCUT2D eigenvalue weighted by molar-refractivity contribution is 4.79. The highest BCUT2D eigenvalue weighted by Gasteiger charge is 2.30. The van der Waals surface area contributed by atoms with Crippen LogP contribution in [0.4, 0.5) is 0 Å². The second-order valence-corrected chi connectivity index (χ2v) is 2.44. The topological polar surface area (TPSA) is 90.2 Å². The van der Waals surface area contributed by atoms with Crippen LogP contribution in [0.25, 0.3) is 0 Å². The van der Waals surface area contributed by atoms with Crippen LogP contribution in [0.1, 0.15) is 6.42 Å². The molecular formula is C7H16O5. The van der Waals surface area contributed by atoms with Gasteiger partial charge in [-0.05, 0) is 6.42 Å². The summed E-state index contributed by atoms with van der Waals surface area (Å²) in [6.07, 6.45) is -1.84. The average molecular weight is 180 g/mol. The first-order valence-corrected chi connectivity index (χ1v) is 3.79. The Bertz CT molecular complexity index is 108. The van der Waals surface area contributed by atoms with Crippen LogP contribution in [0.15, 0.2) is 0 Å². The van der Waals surface area contributed by atoms with Gasteiger partial charge < -0.3 is 25.2 Å². The third-order valence-corrected chi connectivity index (χ3v) is 1.70. The number of ether oxygens (including phenoxy) is 1. The number of hydrogen-bond acceptors (Lipinski definition) is 5. The Morgan fingerprint density at radius 2 is 1.92 bits per heavy atom. The predicted molar refractivity (Wildman–Crippen MR) is 41.6 cm³/mol. The van der Waals surface area contributed by atoms with Crippen LogP contribution in [-0.4, -0.2) is 59.1 Å². The molecule has 0 bridgehead atoms. The van der Waals surface area contributed by atoms with E-state index >= 15 is 0 Å². The number of aliphatic hydroxyl groups is 4. The molecule has 5 heteroatoms. The van der Waals surface area contributed by atoms with E-state index in [4.69, 9.17) is 25.2 Å². The lowest BCUT2D eigenvalue weighted by atomic mass is 10.0. The van der Waals surface area contributed by atoms with E-state index in [1.54, 1.807) is 0 Å². The first-order valence-electron chi connectivity index (χ1n) is 3.79. The predicted octanol–water partition coefficient (Wildman–Crippen LogP) is -1.90. The van der Waals surface area contributed by atoms with Gasteiger partial charge in [-0.25, -0.2) is 0 Å². The van der Waals surface area contributed by atoms with Gasteiger partial charge in [0.25, 0.3) is 0 Å². The largest absolute Gasteiger partial charge is 0.400 e. The fourth-order valence-corrected chi connectivity index (χ4v) is 1.02. The molecule has 0 aromatic rings. The molecule has 1 rings (SSSR count). The van der Waals surface area contributed by atoms with Crippen LogP contribution >= 0.6 is 0 Å². The molecule has 1 saturated heterocycles. The molecule has 0 aromatic heterocycles. The summed E-state index contributed by atoms with van der Waals surface area (Å²) in [5.41, 5.74) is 0. The highest BCUT2D eigenvalue weighted by Crippen LogP contribution is 2.13. The molecule has 12 heavy (non-hydrogen) atoms. The van der Waals surface area contributed by atoms with E-state index in [1.165, 1.54) is 0 Å². The van der Waals surface area contributed by atoms with Crippen LogP contribution < -0.4 is 0 Å². The molecule has 3 unspecified atom stereocenters. The third kappa shape index (κ3) is 3.04. The Kier molecular flexibility index (Phi) is 6.23. The monoisotopic (exact) mass is 180 g/mol. The van der Waals surface area contributed by atoms with Crippen molar-refractivity contribution < 1.29 is 25.2 Å². The van der Waals surface area contributed by atoms with Crippen LogP contribution in [0.5, 0.6) is 0 Å². The van der Waals surface area contributed by atoms with Gasteiger partial charge in [0.05, 0.1) is 12.7 Å². The molecule has 3 atom stereocenters. The molecule has 0 saturated carbocycles. The van der Waals surface area contributed by atoms with Crippen LogP contribution in [-0.2, 0) is 4.74 Å². The van der Waals surface area contributed by atoms with Gasteiger partial charge in [0.15, 0.2) is 0 Å². The molecule has 1 aliphatic heterocycles. The highest BCUT2D eigenvalue weighted by atomic mass is 16.5. The normalized spacial score (nSPS) is 35.2. The van der Waals surface area contributed by atoms with E-state index in [1.807, 2.05) is 0 Å². The van der Waals surface area contributed by atoms with Crippen LogP contribution in [0.3, 0.4) is 0 Å². The van der Waals surface area contributed by atoms with Crippen molar-refractivity contribution in [3.8, 4) is 0 Å². The standard InChI is InChI=1S/C6H12O4.CH4O/c7-3-5-6(9)4(8)1-2-10-5;1-2/h4-9H,1-3H2;2H,1H3. The smallest absolute Gasteiger partial charge is 0.109 e. The van der Waals surface area contributed by atoms with Gasteiger partial charge >= 0.3 is 0 Å². The number of aliphatic hydroxyl groups excluding tert-OH is 4. The van der Waals surface area contributed by atoms with E-state index in [9.17, 15) is 0 Å². The van der Waals surface area contributed by atoms with Crippen molar-refractivity contribution in [2.45, 2.75) is 24.7 Å². The van der Waals surface area contributed by atoms with Gasteiger partial charge in [-0.1, -0.05) is 0 Å². The van der Waals surface area contributed by atoms with E-state index in [-0.39, 0.29) is 6.61 Å². The molecule has 0 amide bonds.